The lowest BCUT2D eigenvalue weighted by molar-refractivity contribution is 0.499. The summed E-state index contributed by atoms with van der Waals surface area (Å²) in [6, 6.07) is 11.9. The van der Waals surface area contributed by atoms with E-state index >= 15 is 0 Å². The number of benzene rings is 1. The first-order valence-electron chi connectivity index (χ1n) is 7.61. The molecule has 1 unspecified atom stereocenters. The van der Waals surface area contributed by atoms with Gasteiger partial charge in [0.1, 0.15) is 0 Å². The van der Waals surface area contributed by atoms with Gasteiger partial charge in [-0.1, -0.05) is 30.3 Å². The second kappa shape index (κ2) is 6.23. The van der Waals surface area contributed by atoms with Gasteiger partial charge in [0.05, 0.1) is 12.0 Å². The maximum atomic E-state index is 4.28. The number of imidazole rings is 1. The van der Waals surface area contributed by atoms with Crippen LogP contribution >= 0.6 is 0 Å². The largest absolute Gasteiger partial charge is 0.330 e. The second-order valence-corrected chi connectivity index (χ2v) is 5.83. The van der Waals surface area contributed by atoms with Gasteiger partial charge in [-0.2, -0.15) is 0 Å². The molecule has 1 aliphatic rings. The number of nitrogens with one attached hydrogen (secondary N) is 1. The zero-order valence-electron chi connectivity index (χ0n) is 12.1. The van der Waals surface area contributed by atoms with Crippen LogP contribution in [-0.4, -0.2) is 15.6 Å². The van der Waals surface area contributed by atoms with Crippen LogP contribution in [0, 0.1) is 0 Å². The van der Waals surface area contributed by atoms with Crippen molar-refractivity contribution in [1.82, 2.24) is 14.9 Å². The van der Waals surface area contributed by atoms with E-state index in [0.29, 0.717) is 12.1 Å². The van der Waals surface area contributed by atoms with E-state index < -0.39 is 0 Å². The van der Waals surface area contributed by atoms with Crippen LogP contribution in [0.3, 0.4) is 0 Å². The molecule has 1 aliphatic carbocycles. The molecule has 20 heavy (non-hydrogen) atoms. The molecular weight excluding hydrogens is 246 g/mol. The number of hydrogen-bond donors (Lipinski definition) is 1. The first-order valence-corrected chi connectivity index (χ1v) is 7.61. The van der Waals surface area contributed by atoms with E-state index in [1.54, 1.807) is 0 Å². The summed E-state index contributed by atoms with van der Waals surface area (Å²) in [5.41, 5.74) is 2.74. The van der Waals surface area contributed by atoms with Crippen LogP contribution in [0.25, 0.3) is 0 Å². The fourth-order valence-electron chi connectivity index (χ4n) is 2.56. The standard InChI is InChI=1S/C17H23N3/c1-14(7-8-15-5-3-2-4-6-15)19-12-17-11-18-13-20(17)16-9-10-16/h2-6,11,13-14,16,19H,7-10,12H2,1H3. The monoisotopic (exact) mass is 269 g/mol. The third-order valence-corrected chi connectivity index (χ3v) is 4.03. The molecule has 0 radical (unpaired) electrons. The van der Waals surface area contributed by atoms with Crippen LogP contribution < -0.4 is 5.32 Å². The highest BCUT2D eigenvalue weighted by Gasteiger charge is 2.25. The van der Waals surface area contributed by atoms with Gasteiger partial charge in [0.2, 0.25) is 0 Å². The summed E-state index contributed by atoms with van der Waals surface area (Å²) in [6.07, 6.45) is 8.90. The van der Waals surface area contributed by atoms with Crippen molar-refractivity contribution in [3.8, 4) is 0 Å². The van der Waals surface area contributed by atoms with Crippen molar-refractivity contribution < 1.29 is 0 Å². The molecule has 0 aliphatic heterocycles. The topological polar surface area (TPSA) is 29.9 Å². The number of rotatable bonds is 7. The highest BCUT2D eigenvalue weighted by molar-refractivity contribution is 5.14. The lowest BCUT2D eigenvalue weighted by Crippen LogP contribution is -2.27. The van der Waals surface area contributed by atoms with E-state index in [-0.39, 0.29) is 0 Å². The predicted octanol–water partition coefficient (Wildman–Crippen LogP) is 3.33. The number of aromatic nitrogens is 2. The van der Waals surface area contributed by atoms with Crippen molar-refractivity contribution in [3.05, 3.63) is 54.1 Å². The molecule has 1 aromatic carbocycles. The minimum absolute atomic E-state index is 0.526. The second-order valence-electron chi connectivity index (χ2n) is 5.83. The van der Waals surface area contributed by atoms with Crippen LogP contribution in [0.2, 0.25) is 0 Å². The SMILES string of the molecule is CC(CCc1ccccc1)NCc1cncn1C1CC1. The normalized spacial score (nSPS) is 16.2. The summed E-state index contributed by atoms with van der Waals surface area (Å²) in [5.74, 6) is 0. The molecule has 1 atom stereocenters. The van der Waals surface area contributed by atoms with Gasteiger partial charge in [-0.05, 0) is 38.2 Å². The first-order chi connectivity index (χ1) is 9.83. The Labute approximate surface area is 121 Å². The molecule has 1 saturated carbocycles. The molecule has 0 amide bonds. The summed E-state index contributed by atoms with van der Waals surface area (Å²) < 4.78 is 2.33. The Bertz CT molecular complexity index is 528. The molecular formula is C17H23N3. The molecule has 0 spiro atoms. The van der Waals surface area contributed by atoms with Gasteiger partial charge < -0.3 is 9.88 Å². The maximum absolute atomic E-state index is 4.28. The first kappa shape index (κ1) is 13.4. The van der Waals surface area contributed by atoms with Crippen LogP contribution in [-0.2, 0) is 13.0 Å². The fourth-order valence-corrected chi connectivity index (χ4v) is 2.56. The Morgan fingerprint density at radius 2 is 2.10 bits per heavy atom. The summed E-state index contributed by atoms with van der Waals surface area (Å²) >= 11 is 0. The van der Waals surface area contributed by atoms with Crippen LogP contribution in [0.5, 0.6) is 0 Å². The van der Waals surface area contributed by atoms with Gasteiger partial charge in [0.15, 0.2) is 0 Å². The highest BCUT2D eigenvalue weighted by Crippen LogP contribution is 2.35. The summed E-state index contributed by atoms with van der Waals surface area (Å²) in [5, 5.41) is 3.62. The Morgan fingerprint density at radius 3 is 2.85 bits per heavy atom. The van der Waals surface area contributed by atoms with Gasteiger partial charge in [-0.25, -0.2) is 4.98 Å². The summed E-state index contributed by atoms with van der Waals surface area (Å²) in [6.45, 7) is 3.19. The van der Waals surface area contributed by atoms with E-state index in [9.17, 15) is 0 Å². The Hall–Kier alpha value is -1.61. The van der Waals surface area contributed by atoms with Crippen LogP contribution in [0.4, 0.5) is 0 Å². The van der Waals surface area contributed by atoms with Crippen molar-refractivity contribution in [2.24, 2.45) is 0 Å². The van der Waals surface area contributed by atoms with Gasteiger partial charge in [0, 0.05) is 24.8 Å². The zero-order valence-corrected chi connectivity index (χ0v) is 12.1. The minimum atomic E-state index is 0.526. The molecule has 0 bridgehead atoms. The Kier molecular flexibility index (Phi) is 4.16. The van der Waals surface area contributed by atoms with Crippen molar-refractivity contribution in [2.75, 3.05) is 0 Å². The Balaban J connectivity index is 1.44. The summed E-state index contributed by atoms with van der Waals surface area (Å²) in [7, 11) is 0. The number of aryl methyl sites for hydroxylation is 1. The molecule has 3 rings (SSSR count). The van der Waals surface area contributed by atoms with Crippen molar-refractivity contribution in [3.63, 3.8) is 0 Å². The Morgan fingerprint density at radius 1 is 1.30 bits per heavy atom. The lowest BCUT2D eigenvalue weighted by atomic mass is 10.1. The van der Waals surface area contributed by atoms with Crippen LogP contribution in [0.1, 0.15) is 43.5 Å². The van der Waals surface area contributed by atoms with Gasteiger partial charge >= 0.3 is 0 Å². The maximum Gasteiger partial charge on any atom is 0.0951 e. The predicted molar refractivity (Wildman–Crippen MR) is 81.6 cm³/mol. The zero-order chi connectivity index (χ0) is 13.8. The highest BCUT2D eigenvalue weighted by atomic mass is 15.1. The van der Waals surface area contributed by atoms with Gasteiger partial charge in [-0.15, -0.1) is 0 Å². The number of hydrogen-bond acceptors (Lipinski definition) is 2. The van der Waals surface area contributed by atoms with E-state index in [1.807, 2.05) is 12.5 Å². The molecule has 3 nitrogen and oxygen atoms in total. The van der Waals surface area contributed by atoms with Crippen molar-refractivity contribution in [2.45, 2.75) is 51.2 Å². The average Bonchev–Trinajstić information content (AvgIpc) is 3.22. The van der Waals surface area contributed by atoms with Gasteiger partial charge in [-0.3, -0.25) is 0 Å². The van der Waals surface area contributed by atoms with Gasteiger partial charge in [0.25, 0.3) is 0 Å². The molecule has 1 fully saturated rings. The molecule has 106 valence electrons. The molecule has 3 heteroatoms. The van der Waals surface area contributed by atoms with Crippen molar-refractivity contribution in [1.29, 1.82) is 0 Å². The molecule has 2 aromatic rings. The summed E-state index contributed by atoms with van der Waals surface area (Å²) in [4.78, 5) is 4.28. The van der Waals surface area contributed by atoms with E-state index in [1.165, 1.54) is 30.5 Å². The van der Waals surface area contributed by atoms with Crippen LogP contribution in [0.15, 0.2) is 42.9 Å². The minimum Gasteiger partial charge on any atom is -0.330 e. The lowest BCUT2D eigenvalue weighted by Gasteiger charge is -2.14. The van der Waals surface area contributed by atoms with Crippen molar-refractivity contribution >= 4 is 0 Å². The molecule has 1 aromatic heterocycles. The van der Waals surface area contributed by atoms with E-state index in [4.69, 9.17) is 0 Å². The fraction of sp³-hybridized carbons (Fsp3) is 0.471. The molecule has 1 N–H and O–H groups in total. The number of nitrogens with zero attached hydrogens (tertiary/aromatic N) is 2. The van der Waals surface area contributed by atoms with E-state index in [0.717, 1.165) is 13.0 Å². The van der Waals surface area contributed by atoms with E-state index in [2.05, 4.69) is 52.1 Å². The molecule has 0 saturated heterocycles. The smallest absolute Gasteiger partial charge is 0.0951 e. The third-order valence-electron chi connectivity index (χ3n) is 4.03. The molecule has 1 heterocycles. The third kappa shape index (κ3) is 3.48. The average molecular weight is 269 g/mol. The quantitative estimate of drug-likeness (QED) is 0.835.